The van der Waals surface area contributed by atoms with Crippen molar-refractivity contribution in [3.8, 4) is 0 Å². The second kappa shape index (κ2) is 7.49. The van der Waals surface area contributed by atoms with Crippen LogP contribution in [0.15, 0.2) is 36.5 Å². The van der Waals surface area contributed by atoms with Crippen molar-refractivity contribution in [2.45, 2.75) is 32.5 Å². The average molecular weight is 327 g/mol. The van der Waals surface area contributed by atoms with E-state index in [1.807, 2.05) is 13.1 Å². The Bertz CT molecular complexity index is 696. The van der Waals surface area contributed by atoms with Crippen LogP contribution in [0.1, 0.15) is 23.7 Å². The van der Waals surface area contributed by atoms with Crippen molar-refractivity contribution in [1.82, 2.24) is 25.3 Å². The van der Waals surface area contributed by atoms with Gasteiger partial charge < -0.3 is 10.6 Å². The van der Waals surface area contributed by atoms with E-state index < -0.39 is 0 Å². The predicted octanol–water partition coefficient (Wildman–Crippen LogP) is 1.67. The summed E-state index contributed by atoms with van der Waals surface area (Å²) in [5.74, 6) is 0. The Morgan fingerprint density at radius 1 is 1.25 bits per heavy atom. The molecule has 0 spiro atoms. The molecule has 1 atom stereocenters. The van der Waals surface area contributed by atoms with E-state index in [1.165, 1.54) is 11.1 Å². The molecule has 2 amide bonds. The largest absolute Gasteiger partial charge is 0.337 e. The van der Waals surface area contributed by atoms with Crippen LogP contribution in [-0.4, -0.2) is 39.8 Å². The standard InChI is InChI=1S/C18H25N5O/c1-14(23-10-8-15-5-3-4-6-16(15)13-23)11-19-18(24)20-12-17-7-9-21-22(17)2/h3-7,9,14H,8,10-13H2,1-2H3,(H2,19,20,24). The third kappa shape index (κ3) is 3.94. The van der Waals surface area contributed by atoms with Gasteiger partial charge in [0, 0.05) is 38.9 Å². The second-order valence-electron chi connectivity index (χ2n) is 6.35. The summed E-state index contributed by atoms with van der Waals surface area (Å²) in [6.07, 6.45) is 2.80. The number of hydrogen-bond acceptors (Lipinski definition) is 3. The van der Waals surface area contributed by atoms with Crippen molar-refractivity contribution >= 4 is 6.03 Å². The summed E-state index contributed by atoms with van der Waals surface area (Å²) in [7, 11) is 1.87. The molecule has 0 radical (unpaired) electrons. The number of nitrogens with zero attached hydrogens (tertiary/aromatic N) is 3. The number of rotatable bonds is 5. The van der Waals surface area contributed by atoms with E-state index in [4.69, 9.17) is 0 Å². The van der Waals surface area contributed by atoms with Gasteiger partial charge >= 0.3 is 6.03 Å². The maximum absolute atomic E-state index is 12.0. The van der Waals surface area contributed by atoms with Crippen LogP contribution in [0.4, 0.5) is 4.79 Å². The molecular formula is C18H25N5O. The molecule has 1 aromatic carbocycles. The summed E-state index contributed by atoms with van der Waals surface area (Å²) in [5.41, 5.74) is 3.82. The highest BCUT2D eigenvalue weighted by atomic mass is 16.2. The Hall–Kier alpha value is -2.34. The van der Waals surface area contributed by atoms with Crippen LogP contribution < -0.4 is 10.6 Å². The van der Waals surface area contributed by atoms with Crippen LogP contribution in [0.3, 0.4) is 0 Å². The van der Waals surface area contributed by atoms with Gasteiger partial charge in [-0.2, -0.15) is 5.10 Å². The number of carbonyl (C=O) groups is 1. The molecule has 0 aliphatic carbocycles. The van der Waals surface area contributed by atoms with Gasteiger partial charge in [-0.15, -0.1) is 0 Å². The van der Waals surface area contributed by atoms with E-state index in [-0.39, 0.29) is 6.03 Å². The summed E-state index contributed by atoms with van der Waals surface area (Å²) in [6.45, 7) is 5.27. The Kier molecular flexibility index (Phi) is 5.15. The van der Waals surface area contributed by atoms with Gasteiger partial charge in [0.15, 0.2) is 0 Å². The molecule has 1 aliphatic rings. The molecule has 1 aliphatic heterocycles. The lowest BCUT2D eigenvalue weighted by Crippen LogP contribution is -2.46. The van der Waals surface area contributed by atoms with Crippen LogP contribution in [0.2, 0.25) is 0 Å². The number of aryl methyl sites for hydroxylation is 1. The van der Waals surface area contributed by atoms with E-state index >= 15 is 0 Å². The van der Waals surface area contributed by atoms with Gasteiger partial charge in [0.2, 0.25) is 0 Å². The minimum atomic E-state index is -0.138. The van der Waals surface area contributed by atoms with Crippen LogP contribution in [-0.2, 0) is 26.6 Å². The highest BCUT2D eigenvalue weighted by Crippen LogP contribution is 2.19. The Balaban J connectivity index is 1.43. The van der Waals surface area contributed by atoms with Gasteiger partial charge in [0.05, 0.1) is 12.2 Å². The van der Waals surface area contributed by atoms with Crippen LogP contribution >= 0.6 is 0 Å². The fraction of sp³-hybridized carbons (Fsp3) is 0.444. The number of carbonyl (C=O) groups excluding carboxylic acids is 1. The molecule has 24 heavy (non-hydrogen) atoms. The minimum Gasteiger partial charge on any atom is -0.337 e. The van der Waals surface area contributed by atoms with E-state index in [0.29, 0.717) is 19.1 Å². The summed E-state index contributed by atoms with van der Waals surface area (Å²) >= 11 is 0. The second-order valence-corrected chi connectivity index (χ2v) is 6.35. The lowest BCUT2D eigenvalue weighted by molar-refractivity contribution is 0.185. The molecule has 2 aromatic rings. The molecule has 0 fully saturated rings. The number of urea groups is 1. The molecule has 6 heteroatoms. The predicted molar refractivity (Wildman–Crippen MR) is 93.5 cm³/mol. The third-order valence-corrected chi connectivity index (χ3v) is 4.69. The molecule has 128 valence electrons. The lowest BCUT2D eigenvalue weighted by Gasteiger charge is -2.33. The summed E-state index contributed by atoms with van der Waals surface area (Å²) in [5, 5.41) is 9.92. The van der Waals surface area contributed by atoms with Crippen molar-refractivity contribution in [1.29, 1.82) is 0 Å². The number of nitrogens with one attached hydrogen (secondary N) is 2. The highest BCUT2D eigenvalue weighted by Gasteiger charge is 2.20. The van der Waals surface area contributed by atoms with Gasteiger partial charge in [-0.25, -0.2) is 4.79 Å². The highest BCUT2D eigenvalue weighted by molar-refractivity contribution is 5.73. The van der Waals surface area contributed by atoms with Crippen molar-refractivity contribution in [3.63, 3.8) is 0 Å². The maximum Gasteiger partial charge on any atom is 0.315 e. The van der Waals surface area contributed by atoms with Gasteiger partial charge in [-0.1, -0.05) is 24.3 Å². The number of benzene rings is 1. The summed E-state index contributed by atoms with van der Waals surface area (Å²) in [6, 6.07) is 10.7. The number of fused-ring (bicyclic) bond motifs is 1. The molecule has 0 saturated heterocycles. The minimum absolute atomic E-state index is 0.138. The van der Waals surface area contributed by atoms with Crippen molar-refractivity contribution in [2.24, 2.45) is 7.05 Å². The first-order chi connectivity index (χ1) is 11.6. The Labute approximate surface area is 142 Å². The fourth-order valence-electron chi connectivity index (χ4n) is 3.07. The first-order valence-electron chi connectivity index (χ1n) is 8.43. The molecular weight excluding hydrogens is 302 g/mol. The van der Waals surface area contributed by atoms with Crippen LogP contribution in [0, 0.1) is 0 Å². The van der Waals surface area contributed by atoms with Crippen molar-refractivity contribution < 1.29 is 4.79 Å². The molecule has 0 bridgehead atoms. The van der Waals surface area contributed by atoms with E-state index in [2.05, 4.69) is 51.8 Å². The molecule has 0 saturated carbocycles. The number of amides is 2. The van der Waals surface area contributed by atoms with Crippen LogP contribution in [0.5, 0.6) is 0 Å². The third-order valence-electron chi connectivity index (χ3n) is 4.69. The first-order valence-corrected chi connectivity index (χ1v) is 8.43. The lowest BCUT2D eigenvalue weighted by atomic mass is 9.99. The van der Waals surface area contributed by atoms with Crippen molar-refractivity contribution in [3.05, 3.63) is 53.3 Å². The van der Waals surface area contributed by atoms with Crippen molar-refractivity contribution in [2.75, 3.05) is 13.1 Å². The molecule has 6 nitrogen and oxygen atoms in total. The fourth-order valence-corrected chi connectivity index (χ4v) is 3.07. The quantitative estimate of drug-likeness (QED) is 0.878. The zero-order valence-corrected chi connectivity index (χ0v) is 14.3. The van der Waals surface area contributed by atoms with Gasteiger partial charge in [-0.05, 0) is 30.5 Å². The normalized spacial score (nSPS) is 15.6. The molecule has 1 aromatic heterocycles. The van der Waals surface area contributed by atoms with Crippen LogP contribution in [0.25, 0.3) is 0 Å². The Morgan fingerprint density at radius 2 is 2.04 bits per heavy atom. The average Bonchev–Trinajstić information content (AvgIpc) is 3.02. The SMILES string of the molecule is CC(CNC(=O)NCc1ccnn1C)N1CCc2ccccc2C1. The molecule has 1 unspecified atom stereocenters. The first kappa shape index (κ1) is 16.5. The molecule has 2 N–H and O–H groups in total. The van der Waals surface area contributed by atoms with Gasteiger partial charge in [0.25, 0.3) is 0 Å². The van der Waals surface area contributed by atoms with E-state index in [1.54, 1.807) is 10.9 Å². The van der Waals surface area contributed by atoms with Gasteiger partial charge in [0.1, 0.15) is 0 Å². The van der Waals surface area contributed by atoms with E-state index in [9.17, 15) is 4.79 Å². The number of aromatic nitrogens is 2. The van der Waals surface area contributed by atoms with E-state index in [0.717, 1.165) is 25.2 Å². The number of hydrogen-bond donors (Lipinski definition) is 2. The summed E-state index contributed by atoms with van der Waals surface area (Å²) in [4.78, 5) is 14.4. The maximum atomic E-state index is 12.0. The monoisotopic (exact) mass is 327 g/mol. The zero-order valence-electron chi connectivity index (χ0n) is 14.3. The topological polar surface area (TPSA) is 62.2 Å². The zero-order chi connectivity index (χ0) is 16.9. The van der Waals surface area contributed by atoms with Gasteiger partial charge in [-0.3, -0.25) is 9.58 Å². The Morgan fingerprint density at radius 3 is 2.79 bits per heavy atom. The summed E-state index contributed by atoms with van der Waals surface area (Å²) < 4.78 is 1.76. The smallest absolute Gasteiger partial charge is 0.315 e. The molecule has 3 rings (SSSR count). The molecule has 2 heterocycles.